The summed E-state index contributed by atoms with van der Waals surface area (Å²) in [6.07, 6.45) is -4.71. The zero-order chi connectivity index (χ0) is 15.4. The van der Waals surface area contributed by atoms with Gasteiger partial charge in [0.1, 0.15) is 5.75 Å². The highest BCUT2D eigenvalue weighted by Gasteiger charge is 2.31. The first-order chi connectivity index (χ1) is 9.14. The first-order valence-corrected chi connectivity index (χ1v) is 5.97. The van der Waals surface area contributed by atoms with Crippen molar-refractivity contribution in [1.82, 2.24) is 5.32 Å². The van der Waals surface area contributed by atoms with Crippen LogP contribution in [0.2, 0.25) is 0 Å². The highest BCUT2D eigenvalue weighted by atomic mass is 35.5. The van der Waals surface area contributed by atoms with E-state index in [1.807, 2.05) is 0 Å². The Kier molecular flexibility index (Phi) is 6.99. The van der Waals surface area contributed by atoms with Gasteiger partial charge in [-0.25, -0.2) is 0 Å². The minimum atomic E-state index is -4.71. The van der Waals surface area contributed by atoms with E-state index in [1.54, 1.807) is 13.8 Å². The van der Waals surface area contributed by atoms with Crippen molar-refractivity contribution in [1.29, 1.82) is 0 Å². The fourth-order valence-electron chi connectivity index (χ4n) is 1.32. The fraction of sp³-hybridized carbons (Fsp3) is 0.462. The molecule has 1 amide bonds. The quantitative estimate of drug-likeness (QED) is 0.874. The molecule has 0 radical (unpaired) electrons. The Hall–Kier alpha value is -1.47. The second kappa shape index (κ2) is 7.51. The average Bonchev–Trinajstić information content (AvgIpc) is 2.35. The molecule has 21 heavy (non-hydrogen) atoms. The lowest BCUT2D eigenvalue weighted by atomic mass is 9.92. The predicted molar refractivity (Wildman–Crippen MR) is 75.1 cm³/mol. The van der Waals surface area contributed by atoms with E-state index in [0.29, 0.717) is 5.56 Å². The minimum Gasteiger partial charge on any atom is -0.406 e. The Labute approximate surface area is 127 Å². The fourth-order valence-corrected chi connectivity index (χ4v) is 1.32. The summed E-state index contributed by atoms with van der Waals surface area (Å²) >= 11 is 0. The predicted octanol–water partition coefficient (Wildman–Crippen LogP) is 2.61. The molecule has 0 fully saturated rings. The standard InChI is InChI=1S/C13H17F3N2O2.ClH/c1-12(2,8-17)11(19)18-7-9-3-5-10(6-4-9)20-13(14,15)16;/h3-6H,7-8,17H2,1-2H3,(H,18,19);1H. The van der Waals surface area contributed by atoms with E-state index < -0.39 is 11.8 Å². The number of halogens is 4. The van der Waals surface area contributed by atoms with Gasteiger partial charge in [0.25, 0.3) is 0 Å². The van der Waals surface area contributed by atoms with Crippen LogP contribution in [0, 0.1) is 5.41 Å². The van der Waals surface area contributed by atoms with E-state index in [-0.39, 0.29) is 37.2 Å². The van der Waals surface area contributed by atoms with Gasteiger partial charge < -0.3 is 15.8 Å². The molecular formula is C13H18ClF3N2O2. The minimum absolute atomic E-state index is 0. The zero-order valence-corrected chi connectivity index (χ0v) is 12.5. The second-order valence-corrected chi connectivity index (χ2v) is 4.96. The average molecular weight is 327 g/mol. The summed E-state index contributed by atoms with van der Waals surface area (Å²) in [5.41, 5.74) is 5.46. The molecule has 1 rings (SSSR count). The van der Waals surface area contributed by atoms with E-state index in [1.165, 1.54) is 24.3 Å². The maximum Gasteiger partial charge on any atom is 0.573 e. The third-order valence-electron chi connectivity index (χ3n) is 2.73. The van der Waals surface area contributed by atoms with Crippen molar-refractivity contribution in [2.45, 2.75) is 26.8 Å². The summed E-state index contributed by atoms with van der Waals surface area (Å²) in [7, 11) is 0. The molecule has 0 heterocycles. The molecule has 0 aliphatic rings. The van der Waals surface area contributed by atoms with Crippen molar-refractivity contribution >= 4 is 18.3 Å². The van der Waals surface area contributed by atoms with Gasteiger partial charge in [0.2, 0.25) is 5.91 Å². The van der Waals surface area contributed by atoms with Crippen LogP contribution >= 0.6 is 12.4 Å². The smallest absolute Gasteiger partial charge is 0.406 e. The van der Waals surface area contributed by atoms with E-state index >= 15 is 0 Å². The summed E-state index contributed by atoms with van der Waals surface area (Å²) in [6, 6.07) is 5.31. The number of carbonyl (C=O) groups excluding carboxylic acids is 1. The van der Waals surface area contributed by atoms with Gasteiger partial charge in [0.05, 0.1) is 5.41 Å². The number of benzene rings is 1. The third-order valence-corrected chi connectivity index (χ3v) is 2.73. The highest BCUT2D eigenvalue weighted by Crippen LogP contribution is 2.22. The van der Waals surface area contributed by atoms with Crippen molar-refractivity contribution in [2.75, 3.05) is 6.54 Å². The second-order valence-electron chi connectivity index (χ2n) is 4.96. The SMILES string of the molecule is CC(C)(CN)C(=O)NCc1ccc(OC(F)(F)F)cc1.Cl. The number of amides is 1. The zero-order valence-electron chi connectivity index (χ0n) is 11.7. The number of hydrogen-bond acceptors (Lipinski definition) is 3. The van der Waals surface area contributed by atoms with Gasteiger partial charge in [-0.15, -0.1) is 25.6 Å². The van der Waals surface area contributed by atoms with E-state index in [4.69, 9.17) is 5.73 Å². The van der Waals surface area contributed by atoms with Gasteiger partial charge in [-0.3, -0.25) is 4.79 Å². The van der Waals surface area contributed by atoms with Crippen molar-refractivity contribution in [3.05, 3.63) is 29.8 Å². The van der Waals surface area contributed by atoms with E-state index in [0.717, 1.165) is 0 Å². The van der Waals surface area contributed by atoms with Crippen LogP contribution in [0.25, 0.3) is 0 Å². The summed E-state index contributed by atoms with van der Waals surface area (Å²) in [5.74, 6) is -0.509. The lowest BCUT2D eigenvalue weighted by molar-refractivity contribution is -0.274. The van der Waals surface area contributed by atoms with E-state index in [2.05, 4.69) is 10.1 Å². The molecule has 0 aromatic heterocycles. The topological polar surface area (TPSA) is 64.4 Å². The lowest BCUT2D eigenvalue weighted by Crippen LogP contribution is -2.41. The lowest BCUT2D eigenvalue weighted by Gasteiger charge is -2.21. The molecule has 8 heteroatoms. The largest absolute Gasteiger partial charge is 0.573 e. The molecule has 0 aliphatic carbocycles. The third kappa shape index (κ3) is 6.68. The summed E-state index contributed by atoms with van der Waals surface area (Å²) in [5, 5.41) is 2.68. The summed E-state index contributed by atoms with van der Waals surface area (Å²) in [6.45, 7) is 3.84. The molecule has 0 bridgehead atoms. The maximum absolute atomic E-state index is 12.0. The van der Waals surface area contributed by atoms with Crippen LogP contribution in [-0.4, -0.2) is 18.8 Å². The summed E-state index contributed by atoms with van der Waals surface area (Å²) < 4.78 is 39.7. The number of hydrogen-bond donors (Lipinski definition) is 2. The monoisotopic (exact) mass is 326 g/mol. The van der Waals surface area contributed by atoms with Crippen LogP contribution in [0.5, 0.6) is 5.75 Å². The number of carbonyl (C=O) groups is 1. The Morgan fingerprint density at radius 3 is 2.19 bits per heavy atom. The Morgan fingerprint density at radius 2 is 1.76 bits per heavy atom. The number of nitrogens with two attached hydrogens (primary N) is 1. The molecule has 0 saturated carbocycles. The maximum atomic E-state index is 12.0. The van der Waals surface area contributed by atoms with Gasteiger partial charge in [0.15, 0.2) is 0 Å². The van der Waals surface area contributed by atoms with Gasteiger partial charge in [-0.1, -0.05) is 12.1 Å². The van der Waals surface area contributed by atoms with Crippen LogP contribution in [-0.2, 0) is 11.3 Å². The molecule has 4 nitrogen and oxygen atoms in total. The molecule has 0 saturated heterocycles. The Morgan fingerprint density at radius 1 is 1.24 bits per heavy atom. The number of rotatable bonds is 5. The van der Waals surface area contributed by atoms with Gasteiger partial charge in [0, 0.05) is 13.1 Å². The summed E-state index contributed by atoms with van der Waals surface area (Å²) in [4.78, 5) is 11.8. The van der Waals surface area contributed by atoms with Crippen LogP contribution in [0.3, 0.4) is 0 Å². The normalized spacial score (nSPS) is 11.5. The molecule has 0 aliphatic heterocycles. The van der Waals surface area contributed by atoms with Crippen molar-refractivity contribution < 1.29 is 22.7 Å². The van der Waals surface area contributed by atoms with Gasteiger partial charge >= 0.3 is 6.36 Å². The van der Waals surface area contributed by atoms with Crippen LogP contribution < -0.4 is 15.8 Å². The van der Waals surface area contributed by atoms with Gasteiger partial charge in [-0.2, -0.15) is 0 Å². The molecule has 0 spiro atoms. The molecular weight excluding hydrogens is 309 g/mol. The molecule has 3 N–H and O–H groups in total. The first-order valence-electron chi connectivity index (χ1n) is 5.97. The van der Waals surface area contributed by atoms with Gasteiger partial charge in [-0.05, 0) is 31.5 Å². The van der Waals surface area contributed by atoms with Crippen LogP contribution in [0.4, 0.5) is 13.2 Å². The van der Waals surface area contributed by atoms with E-state index in [9.17, 15) is 18.0 Å². The first kappa shape index (κ1) is 19.5. The molecule has 1 aromatic rings. The van der Waals surface area contributed by atoms with Crippen LogP contribution in [0.15, 0.2) is 24.3 Å². The highest BCUT2D eigenvalue weighted by molar-refractivity contribution is 5.85. The number of nitrogens with one attached hydrogen (secondary N) is 1. The van der Waals surface area contributed by atoms with Crippen LogP contribution in [0.1, 0.15) is 19.4 Å². The molecule has 120 valence electrons. The van der Waals surface area contributed by atoms with Crippen molar-refractivity contribution in [2.24, 2.45) is 11.1 Å². The van der Waals surface area contributed by atoms with Crippen molar-refractivity contribution in [3.63, 3.8) is 0 Å². The molecule has 1 aromatic carbocycles. The van der Waals surface area contributed by atoms with Crippen molar-refractivity contribution in [3.8, 4) is 5.75 Å². The molecule has 0 unspecified atom stereocenters. The number of alkyl halides is 3. The Balaban J connectivity index is 0.00000400. The molecule has 0 atom stereocenters. The number of ether oxygens (including phenoxy) is 1. The Bertz CT molecular complexity index is 461.